The highest BCUT2D eigenvalue weighted by Crippen LogP contribution is 2.17. The molecule has 1 N–H and O–H groups in total. The molecule has 0 fully saturated rings. The molecule has 0 radical (unpaired) electrons. The van der Waals surface area contributed by atoms with Crippen LogP contribution >= 0.6 is 11.3 Å². The first kappa shape index (κ1) is 13.4. The van der Waals surface area contributed by atoms with E-state index in [9.17, 15) is 4.39 Å². The van der Waals surface area contributed by atoms with Crippen molar-refractivity contribution in [2.45, 2.75) is 6.92 Å². The van der Waals surface area contributed by atoms with E-state index in [1.165, 1.54) is 6.07 Å². The largest absolute Gasteiger partial charge is 0.266 e. The van der Waals surface area contributed by atoms with Crippen LogP contribution in [0, 0.1) is 24.6 Å². The van der Waals surface area contributed by atoms with E-state index in [4.69, 9.17) is 0 Å². The van der Waals surface area contributed by atoms with E-state index in [1.807, 2.05) is 12.3 Å². The number of aromatic amines is 1. The molecule has 1 aromatic carbocycles. The van der Waals surface area contributed by atoms with Crippen LogP contribution in [0.25, 0.3) is 11.4 Å². The van der Waals surface area contributed by atoms with Crippen molar-refractivity contribution in [1.82, 2.24) is 9.97 Å². The van der Waals surface area contributed by atoms with Crippen LogP contribution in [0.2, 0.25) is 0 Å². The Morgan fingerprint density at radius 2 is 1.90 bits per heavy atom. The van der Waals surface area contributed by atoms with Gasteiger partial charge >= 0.3 is 0 Å². The van der Waals surface area contributed by atoms with Crippen LogP contribution in [-0.4, -0.2) is 9.97 Å². The molecule has 3 rings (SSSR count). The van der Waals surface area contributed by atoms with Gasteiger partial charge in [-0.15, -0.1) is 0 Å². The molecule has 0 saturated heterocycles. The summed E-state index contributed by atoms with van der Waals surface area (Å²) in [6.45, 7) is 1.99. The molecule has 0 aliphatic heterocycles. The summed E-state index contributed by atoms with van der Waals surface area (Å²) in [5, 5.41) is 3.06. The van der Waals surface area contributed by atoms with Gasteiger partial charge in [-0.2, -0.15) is 4.98 Å². The van der Waals surface area contributed by atoms with Crippen molar-refractivity contribution < 1.29 is 9.37 Å². The molecule has 0 spiro atoms. The predicted molar refractivity (Wildman–Crippen MR) is 79.0 cm³/mol. The van der Waals surface area contributed by atoms with Gasteiger partial charge in [0.2, 0.25) is 5.01 Å². The molecule has 0 amide bonds. The number of nitrogens with one attached hydrogen (secondary N) is 1. The summed E-state index contributed by atoms with van der Waals surface area (Å²) in [6, 6.07) is 6.43. The molecular formula is C16H11FN3S+. The first-order chi connectivity index (χ1) is 10.2. The van der Waals surface area contributed by atoms with Crippen LogP contribution in [0.4, 0.5) is 4.39 Å². The van der Waals surface area contributed by atoms with Gasteiger partial charge in [0.15, 0.2) is 5.82 Å². The normalized spacial score (nSPS) is 10.0. The number of aromatic nitrogens is 3. The summed E-state index contributed by atoms with van der Waals surface area (Å²) in [5.41, 5.74) is 1.93. The predicted octanol–water partition coefficient (Wildman–Crippen LogP) is 2.87. The molecule has 3 nitrogen and oxygen atoms in total. The number of hydrogen-bond acceptors (Lipinski definition) is 3. The van der Waals surface area contributed by atoms with Gasteiger partial charge in [-0.05, 0) is 12.1 Å². The summed E-state index contributed by atoms with van der Waals surface area (Å²) >= 11 is 1.61. The van der Waals surface area contributed by atoms with E-state index < -0.39 is 0 Å². The number of thiazole rings is 1. The summed E-state index contributed by atoms with van der Waals surface area (Å²) in [6.07, 6.45) is 3.20. The minimum Gasteiger partial charge on any atom is -0.235 e. The minimum absolute atomic E-state index is 0.334. The van der Waals surface area contributed by atoms with E-state index in [0.29, 0.717) is 17.0 Å². The van der Waals surface area contributed by atoms with E-state index in [2.05, 4.69) is 26.8 Å². The summed E-state index contributed by atoms with van der Waals surface area (Å²) in [7, 11) is 0. The fraction of sp³-hybridized carbons (Fsp3) is 0.0625. The molecule has 0 saturated carbocycles. The van der Waals surface area contributed by atoms with Crippen molar-refractivity contribution in [1.29, 1.82) is 0 Å². The van der Waals surface area contributed by atoms with Crippen LogP contribution in [0.3, 0.4) is 0 Å². The van der Waals surface area contributed by atoms with Crippen LogP contribution < -0.4 is 4.98 Å². The van der Waals surface area contributed by atoms with Crippen molar-refractivity contribution in [3.05, 3.63) is 64.1 Å². The number of H-pyrrole nitrogens is 1. The van der Waals surface area contributed by atoms with Crippen LogP contribution in [-0.2, 0) is 0 Å². The van der Waals surface area contributed by atoms with Gasteiger partial charge in [-0.1, -0.05) is 29.4 Å². The molecule has 102 valence electrons. The highest BCUT2D eigenvalue weighted by molar-refractivity contribution is 7.09. The average Bonchev–Trinajstić information content (AvgIpc) is 2.92. The summed E-state index contributed by atoms with van der Waals surface area (Å²) in [5.74, 6) is 6.00. The number of rotatable bonds is 1. The number of nitrogens with zero attached hydrogens (tertiary/aromatic N) is 2. The van der Waals surface area contributed by atoms with Gasteiger partial charge in [0.1, 0.15) is 5.82 Å². The van der Waals surface area contributed by atoms with Gasteiger partial charge in [-0.25, -0.2) is 14.4 Å². The Balaban J connectivity index is 1.85. The molecule has 2 aromatic heterocycles. The molecule has 3 aromatic rings. The molecule has 0 bridgehead atoms. The molecule has 0 atom stereocenters. The standard InChI is InChI=1S/C16H10FN3S/c1-11-20-13(10-21-11)7-6-12-8-18-16(19-9-12)14-4-2-3-5-15(14)17/h2-5,8-10H,1H3/p+1. The topological polar surface area (TPSA) is 39.9 Å². The molecule has 0 aliphatic carbocycles. The fourth-order valence-electron chi connectivity index (χ4n) is 1.77. The zero-order chi connectivity index (χ0) is 14.7. The quantitative estimate of drug-likeness (QED) is 0.648. The maximum atomic E-state index is 13.6. The summed E-state index contributed by atoms with van der Waals surface area (Å²) < 4.78 is 13.6. The Labute approximate surface area is 125 Å². The lowest BCUT2D eigenvalue weighted by Crippen LogP contribution is -2.04. The lowest BCUT2D eigenvalue weighted by Gasteiger charge is -2.00. The maximum Gasteiger partial charge on any atom is 0.266 e. The Hall–Kier alpha value is -2.58. The average molecular weight is 296 g/mol. The minimum atomic E-state index is -0.334. The second kappa shape index (κ2) is 5.81. The zero-order valence-corrected chi connectivity index (χ0v) is 12.0. The number of aryl methyl sites for hydroxylation is 1. The Kier molecular flexibility index (Phi) is 3.71. The monoisotopic (exact) mass is 296 g/mol. The Morgan fingerprint density at radius 1 is 1.14 bits per heavy atom. The smallest absolute Gasteiger partial charge is 0.235 e. The van der Waals surface area contributed by atoms with Crippen molar-refractivity contribution in [3.63, 3.8) is 0 Å². The van der Waals surface area contributed by atoms with Gasteiger partial charge in [0, 0.05) is 25.2 Å². The lowest BCUT2D eigenvalue weighted by molar-refractivity contribution is -0.383. The highest BCUT2D eigenvalue weighted by atomic mass is 32.1. The van der Waals surface area contributed by atoms with Gasteiger partial charge in [0.05, 0.1) is 16.5 Å². The van der Waals surface area contributed by atoms with E-state index in [0.717, 1.165) is 10.7 Å². The Morgan fingerprint density at radius 3 is 2.57 bits per heavy atom. The molecule has 5 heteroatoms. The van der Waals surface area contributed by atoms with Crippen molar-refractivity contribution >= 4 is 11.3 Å². The summed E-state index contributed by atoms with van der Waals surface area (Å²) in [4.78, 5) is 11.5. The van der Waals surface area contributed by atoms with Crippen LogP contribution in [0.15, 0.2) is 42.0 Å². The maximum absolute atomic E-state index is 13.6. The number of halogens is 1. The van der Waals surface area contributed by atoms with Gasteiger partial charge < -0.3 is 0 Å². The number of hydrogen-bond donors (Lipinski definition) is 0. The van der Waals surface area contributed by atoms with Gasteiger partial charge in [-0.3, -0.25) is 0 Å². The SMILES string of the molecule is Cc1[nH+]c(C#Cc2cnc(-c3ccccc3F)nc2)cs1. The first-order valence-electron chi connectivity index (χ1n) is 6.29. The van der Waals surface area contributed by atoms with E-state index in [-0.39, 0.29) is 5.82 Å². The first-order valence-corrected chi connectivity index (χ1v) is 7.17. The fourth-order valence-corrected chi connectivity index (χ4v) is 2.35. The molecule has 0 aliphatic rings. The van der Waals surface area contributed by atoms with Crippen molar-refractivity contribution in [3.8, 4) is 23.2 Å². The highest BCUT2D eigenvalue weighted by Gasteiger charge is 2.06. The molecular weight excluding hydrogens is 285 g/mol. The second-order valence-electron chi connectivity index (χ2n) is 4.36. The third-order valence-electron chi connectivity index (χ3n) is 2.77. The van der Waals surface area contributed by atoms with Gasteiger partial charge in [0.25, 0.3) is 5.69 Å². The van der Waals surface area contributed by atoms with Crippen molar-refractivity contribution in [2.75, 3.05) is 0 Å². The van der Waals surface area contributed by atoms with Crippen molar-refractivity contribution in [2.24, 2.45) is 0 Å². The lowest BCUT2D eigenvalue weighted by atomic mass is 10.2. The number of benzene rings is 1. The third-order valence-corrected chi connectivity index (χ3v) is 3.58. The van der Waals surface area contributed by atoms with Crippen LogP contribution in [0.5, 0.6) is 0 Å². The molecule has 0 unspecified atom stereocenters. The molecule has 2 heterocycles. The third kappa shape index (κ3) is 3.12. The Bertz CT molecular complexity index is 828. The van der Waals surface area contributed by atoms with Crippen LogP contribution in [0.1, 0.15) is 16.3 Å². The zero-order valence-electron chi connectivity index (χ0n) is 11.2. The second-order valence-corrected chi connectivity index (χ2v) is 5.44. The molecule has 21 heavy (non-hydrogen) atoms. The van der Waals surface area contributed by atoms with E-state index >= 15 is 0 Å². The van der Waals surface area contributed by atoms with E-state index in [1.54, 1.807) is 41.9 Å².